The van der Waals surface area contributed by atoms with Gasteiger partial charge >= 0.3 is 0 Å². The smallest absolute Gasteiger partial charge is 0.238 e. The summed E-state index contributed by atoms with van der Waals surface area (Å²) < 4.78 is 5.24. The van der Waals surface area contributed by atoms with Crippen LogP contribution in [0.5, 0.6) is 5.75 Å². The second-order valence-corrected chi connectivity index (χ2v) is 6.20. The maximum Gasteiger partial charge on any atom is 0.238 e. The number of ether oxygens (including phenoxy) is 1. The summed E-state index contributed by atoms with van der Waals surface area (Å²) in [7, 11) is 1.58. The van der Waals surface area contributed by atoms with E-state index in [9.17, 15) is 4.79 Å². The summed E-state index contributed by atoms with van der Waals surface area (Å²) in [4.78, 5) is 14.4. The monoisotopic (exact) mass is 309 g/mol. The Hall–Kier alpha value is -1.30. The minimum atomic E-state index is -0.0245. The van der Waals surface area contributed by atoms with Crippen molar-refractivity contribution in [1.29, 1.82) is 0 Å². The van der Waals surface area contributed by atoms with Crippen molar-refractivity contribution in [3.8, 4) is 5.75 Å². The zero-order valence-corrected chi connectivity index (χ0v) is 12.8. The lowest BCUT2D eigenvalue weighted by molar-refractivity contribution is -0.117. The molecular formula is C15H20ClN3O2. The highest BCUT2D eigenvalue weighted by atomic mass is 35.5. The number of hydrogen-bond acceptors (Lipinski definition) is 4. The molecule has 5 nitrogen and oxygen atoms in total. The first-order valence-corrected chi connectivity index (χ1v) is 7.60. The van der Waals surface area contributed by atoms with Gasteiger partial charge in [0.25, 0.3) is 0 Å². The van der Waals surface area contributed by atoms with Crippen LogP contribution >= 0.6 is 11.6 Å². The first-order valence-electron chi connectivity index (χ1n) is 7.22. The van der Waals surface area contributed by atoms with E-state index in [-0.39, 0.29) is 5.91 Å². The number of hydrogen-bond donors (Lipinski definition) is 2. The van der Waals surface area contributed by atoms with Crippen molar-refractivity contribution >= 4 is 23.2 Å². The summed E-state index contributed by atoms with van der Waals surface area (Å²) in [5.74, 6) is 1.98. The Morgan fingerprint density at radius 2 is 2.14 bits per heavy atom. The lowest BCUT2D eigenvalue weighted by atomic mass is 10.0. The standard InChI is InChI=1S/C15H20ClN3O2/c1-21-14-3-2-12(16)4-13(14)18-15(20)9-19-7-10-5-17-6-11(10)8-19/h2-4,10-11,17H,5-9H2,1H3,(H,18,20)/t10-,11+. The molecule has 0 bridgehead atoms. The highest BCUT2D eigenvalue weighted by Gasteiger charge is 2.36. The van der Waals surface area contributed by atoms with Crippen molar-refractivity contribution in [2.75, 3.05) is 45.2 Å². The number of rotatable bonds is 4. The Morgan fingerprint density at radius 1 is 1.43 bits per heavy atom. The maximum atomic E-state index is 12.2. The molecule has 0 unspecified atom stereocenters. The number of benzene rings is 1. The van der Waals surface area contributed by atoms with Crippen LogP contribution in [-0.2, 0) is 4.79 Å². The quantitative estimate of drug-likeness (QED) is 0.884. The molecular weight excluding hydrogens is 290 g/mol. The van der Waals surface area contributed by atoms with E-state index in [2.05, 4.69) is 15.5 Å². The van der Waals surface area contributed by atoms with Gasteiger partial charge in [-0.2, -0.15) is 0 Å². The molecule has 0 spiro atoms. The van der Waals surface area contributed by atoms with Crippen LogP contribution in [0.2, 0.25) is 5.02 Å². The molecule has 1 amide bonds. The van der Waals surface area contributed by atoms with Gasteiger partial charge in [-0.05, 0) is 43.1 Å². The third-order valence-corrected chi connectivity index (χ3v) is 4.50. The number of amides is 1. The normalized spacial score (nSPS) is 24.9. The number of anilines is 1. The van der Waals surface area contributed by atoms with Gasteiger partial charge in [-0.1, -0.05) is 11.6 Å². The molecule has 114 valence electrons. The summed E-state index contributed by atoms with van der Waals surface area (Å²) in [5.41, 5.74) is 0.621. The molecule has 0 radical (unpaired) electrons. The maximum absolute atomic E-state index is 12.2. The number of methoxy groups -OCH3 is 1. The average Bonchev–Trinajstić information content (AvgIpc) is 2.99. The summed E-state index contributed by atoms with van der Waals surface area (Å²) in [6.07, 6.45) is 0. The Bertz CT molecular complexity index is 526. The van der Waals surface area contributed by atoms with Crippen LogP contribution in [0.3, 0.4) is 0 Å². The number of halogens is 1. The molecule has 1 aromatic rings. The fourth-order valence-corrected chi connectivity index (χ4v) is 3.42. The van der Waals surface area contributed by atoms with Gasteiger partial charge in [-0.3, -0.25) is 9.69 Å². The van der Waals surface area contributed by atoms with Gasteiger partial charge in [0.05, 0.1) is 19.3 Å². The molecule has 0 saturated carbocycles. The molecule has 2 N–H and O–H groups in total. The van der Waals surface area contributed by atoms with Crippen molar-refractivity contribution in [3.05, 3.63) is 23.2 Å². The van der Waals surface area contributed by atoms with Crippen molar-refractivity contribution in [1.82, 2.24) is 10.2 Å². The first kappa shape index (κ1) is 14.6. The van der Waals surface area contributed by atoms with E-state index in [1.807, 2.05) is 0 Å². The van der Waals surface area contributed by atoms with Crippen LogP contribution in [-0.4, -0.2) is 50.6 Å². The Balaban J connectivity index is 1.58. The predicted molar refractivity (Wildman–Crippen MR) is 82.9 cm³/mol. The number of carbonyl (C=O) groups excluding carboxylic acids is 1. The average molecular weight is 310 g/mol. The Labute approximate surface area is 129 Å². The second kappa shape index (κ2) is 6.22. The molecule has 3 rings (SSSR count). The fraction of sp³-hybridized carbons (Fsp3) is 0.533. The van der Waals surface area contributed by atoms with Gasteiger partial charge in [-0.25, -0.2) is 0 Å². The molecule has 6 heteroatoms. The van der Waals surface area contributed by atoms with Crippen molar-refractivity contribution in [2.45, 2.75) is 0 Å². The number of nitrogens with one attached hydrogen (secondary N) is 2. The fourth-order valence-electron chi connectivity index (χ4n) is 3.25. The molecule has 0 aromatic heterocycles. The summed E-state index contributed by atoms with van der Waals surface area (Å²) in [6.45, 7) is 4.56. The van der Waals surface area contributed by atoms with E-state index in [1.54, 1.807) is 25.3 Å². The van der Waals surface area contributed by atoms with Gasteiger partial charge < -0.3 is 15.4 Å². The highest BCUT2D eigenvalue weighted by Crippen LogP contribution is 2.28. The van der Waals surface area contributed by atoms with E-state index in [0.717, 1.165) is 26.2 Å². The minimum absolute atomic E-state index is 0.0245. The summed E-state index contributed by atoms with van der Waals surface area (Å²) in [5, 5.41) is 6.87. The molecule has 2 atom stereocenters. The predicted octanol–water partition coefficient (Wildman–Crippen LogP) is 1.44. The molecule has 2 aliphatic heterocycles. The topological polar surface area (TPSA) is 53.6 Å². The first-order chi connectivity index (χ1) is 10.2. The van der Waals surface area contributed by atoms with Crippen molar-refractivity contribution in [2.24, 2.45) is 11.8 Å². The Morgan fingerprint density at radius 3 is 2.81 bits per heavy atom. The van der Waals surface area contributed by atoms with Gasteiger partial charge in [0.2, 0.25) is 5.91 Å². The molecule has 21 heavy (non-hydrogen) atoms. The largest absolute Gasteiger partial charge is 0.495 e. The van der Waals surface area contributed by atoms with Crippen LogP contribution in [0.1, 0.15) is 0 Å². The number of likely N-dealkylation sites (tertiary alicyclic amines) is 1. The molecule has 2 saturated heterocycles. The Kier molecular flexibility index (Phi) is 4.33. The van der Waals surface area contributed by atoms with Crippen molar-refractivity contribution in [3.63, 3.8) is 0 Å². The molecule has 0 aliphatic carbocycles. The molecule has 1 aromatic carbocycles. The summed E-state index contributed by atoms with van der Waals surface area (Å²) >= 11 is 5.97. The molecule has 2 fully saturated rings. The number of carbonyl (C=O) groups is 1. The van der Waals surface area contributed by atoms with Crippen molar-refractivity contribution < 1.29 is 9.53 Å². The zero-order chi connectivity index (χ0) is 14.8. The molecule has 2 heterocycles. The summed E-state index contributed by atoms with van der Waals surface area (Å²) in [6, 6.07) is 5.20. The highest BCUT2D eigenvalue weighted by molar-refractivity contribution is 6.31. The van der Waals surface area contributed by atoms with Gasteiger partial charge in [0, 0.05) is 18.1 Å². The van der Waals surface area contributed by atoms with E-state index in [0.29, 0.717) is 34.8 Å². The van der Waals surface area contributed by atoms with E-state index >= 15 is 0 Å². The lowest BCUT2D eigenvalue weighted by Gasteiger charge is -2.17. The van der Waals surface area contributed by atoms with Crippen LogP contribution in [0.25, 0.3) is 0 Å². The van der Waals surface area contributed by atoms with Crippen LogP contribution in [0.15, 0.2) is 18.2 Å². The zero-order valence-electron chi connectivity index (χ0n) is 12.1. The third-order valence-electron chi connectivity index (χ3n) is 4.27. The minimum Gasteiger partial charge on any atom is -0.495 e. The van der Waals surface area contributed by atoms with E-state index < -0.39 is 0 Å². The second-order valence-electron chi connectivity index (χ2n) is 5.77. The van der Waals surface area contributed by atoms with E-state index in [4.69, 9.17) is 16.3 Å². The van der Waals surface area contributed by atoms with E-state index in [1.165, 1.54) is 0 Å². The van der Waals surface area contributed by atoms with Gasteiger partial charge in [-0.15, -0.1) is 0 Å². The van der Waals surface area contributed by atoms with Gasteiger partial charge in [0.15, 0.2) is 0 Å². The molecule has 2 aliphatic rings. The van der Waals surface area contributed by atoms with Gasteiger partial charge in [0.1, 0.15) is 5.75 Å². The number of fused-ring (bicyclic) bond motifs is 1. The van der Waals surface area contributed by atoms with Crippen LogP contribution < -0.4 is 15.4 Å². The third kappa shape index (κ3) is 3.31. The van der Waals surface area contributed by atoms with Crippen LogP contribution in [0.4, 0.5) is 5.69 Å². The van der Waals surface area contributed by atoms with Crippen LogP contribution in [0, 0.1) is 11.8 Å². The lowest BCUT2D eigenvalue weighted by Crippen LogP contribution is -2.33. The SMILES string of the molecule is COc1ccc(Cl)cc1NC(=O)CN1C[C@H]2CNC[C@H]2C1. The number of nitrogens with zero attached hydrogens (tertiary/aromatic N) is 1.